The highest BCUT2D eigenvalue weighted by molar-refractivity contribution is 5.88. The summed E-state index contributed by atoms with van der Waals surface area (Å²) in [7, 11) is 0. The molecule has 1 aromatic rings. The summed E-state index contributed by atoms with van der Waals surface area (Å²) < 4.78 is 5.21. The first-order valence-electron chi connectivity index (χ1n) is 6.17. The van der Waals surface area contributed by atoms with Crippen LogP contribution in [0.25, 0.3) is 0 Å². The summed E-state index contributed by atoms with van der Waals surface area (Å²) in [5.74, 6) is -0.283. The number of piperidine rings is 1. The van der Waals surface area contributed by atoms with E-state index in [2.05, 4.69) is 10.3 Å². The molecule has 1 N–H and O–H groups in total. The molecule has 4 heteroatoms. The van der Waals surface area contributed by atoms with Crippen LogP contribution in [-0.4, -0.2) is 30.1 Å². The minimum Gasteiger partial charge on any atom is -0.462 e. The van der Waals surface area contributed by atoms with Crippen molar-refractivity contribution in [2.24, 2.45) is 0 Å². The maximum atomic E-state index is 11.6. The first-order chi connectivity index (χ1) is 8.36. The number of rotatable bonds is 4. The number of nitrogens with zero attached hydrogens (tertiary/aromatic N) is 1. The summed E-state index contributed by atoms with van der Waals surface area (Å²) in [5, 5.41) is 3.43. The predicted molar refractivity (Wildman–Crippen MR) is 64.8 cm³/mol. The average Bonchev–Trinajstić information content (AvgIpc) is 2.41. The summed E-state index contributed by atoms with van der Waals surface area (Å²) in [6.45, 7) is 1.56. The lowest BCUT2D eigenvalue weighted by molar-refractivity contribution is 0.0485. The lowest BCUT2D eigenvalue weighted by Crippen LogP contribution is -2.35. The molecule has 1 aromatic heterocycles. The highest BCUT2D eigenvalue weighted by atomic mass is 16.5. The fraction of sp³-hybridized carbons (Fsp3) is 0.538. The Hall–Kier alpha value is -1.42. The molecule has 1 aliphatic heterocycles. The van der Waals surface area contributed by atoms with Gasteiger partial charge in [0.1, 0.15) is 0 Å². The van der Waals surface area contributed by atoms with Crippen LogP contribution in [0.2, 0.25) is 0 Å². The summed E-state index contributed by atoms with van der Waals surface area (Å²) in [5.41, 5.74) is 0.518. The molecule has 0 saturated carbocycles. The first-order valence-corrected chi connectivity index (χ1v) is 6.17. The van der Waals surface area contributed by atoms with Crippen LogP contribution in [0.15, 0.2) is 24.5 Å². The fourth-order valence-corrected chi connectivity index (χ4v) is 2.03. The van der Waals surface area contributed by atoms with E-state index in [0.717, 1.165) is 13.0 Å². The SMILES string of the molecule is O=C(OCCC1CCCCN1)c1cccnc1. The number of carbonyl (C=O) groups excluding carboxylic acids is 1. The molecule has 1 unspecified atom stereocenters. The number of ether oxygens (including phenoxy) is 1. The van der Waals surface area contributed by atoms with Crippen LogP contribution in [0.4, 0.5) is 0 Å². The van der Waals surface area contributed by atoms with Gasteiger partial charge in [-0.3, -0.25) is 4.98 Å². The minimum absolute atomic E-state index is 0.283. The molecule has 1 atom stereocenters. The second kappa shape index (κ2) is 6.35. The molecule has 1 aliphatic rings. The number of carbonyl (C=O) groups is 1. The summed E-state index contributed by atoms with van der Waals surface area (Å²) >= 11 is 0. The molecule has 0 bridgehead atoms. The Morgan fingerprint density at radius 3 is 3.18 bits per heavy atom. The maximum Gasteiger partial charge on any atom is 0.339 e. The third-order valence-corrected chi connectivity index (χ3v) is 3.01. The lowest BCUT2D eigenvalue weighted by Gasteiger charge is -2.23. The second-order valence-corrected chi connectivity index (χ2v) is 4.31. The van der Waals surface area contributed by atoms with Gasteiger partial charge in [0.05, 0.1) is 12.2 Å². The molecule has 0 radical (unpaired) electrons. The van der Waals surface area contributed by atoms with Gasteiger partial charge in [-0.1, -0.05) is 6.42 Å². The summed E-state index contributed by atoms with van der Waals surface area (Å²) in [4.78, 5) is 15.5. The fourth-order valence-electron chi connectivity index (χ4n) is 2.03. The van der Waals surface area contributed by atoms with E-state index in [1.54, 1.807) is 18.3 Å². The number of hydrogen-bond acceptors (Lipinski definition) is 4. The van der Waals surface area contributed by atoms with E-state index in [9.17, 15) is 4.79 Å². The van der Waals surface area contributed by atoms with Gasteiger partial charge in [0.15, 0.2) is 0 Å². The molecule has 17 heavy (non-hydrogen) atoms. The molecule has 0 amide bonds. The monoisotopic (exact) mass is 234 g/mol. The van der Waals surface area contributed by atoms with Gasteiger partial charge in [-0.2, -0.15) is 0 Å². The Bertz CT molecular complexity index is 348. The van der Waals surface area contributed by atoms with Gasteiger partial charge in [0.2, 0.25) is 0 Å². The molecular formula is C13H18N2O2. The minimum atomic E-state index is -0.283. The van der Waals surface area contributed by atoms with Crippen LogP contribution in [0.3, 0.4) is 0 Å². The Kier molecular flexibility index (Phi) is 4.50. The number of hydrogen-bond donors (Lipinski definition) is 1. The quantitative estimate of drug-likeness (QED) is 0.807. The van der Waals surface area contributed by atoms with E-state index in [1.807, 2.05) is 0 Å². The van der Waals surface area contributed by atoms with Crippen molar-refractivity contribution in [2.45, 2.75) is 31.7 Å². The highest BCUT2D eigenvalue weighted by Crippen LogP contribution is 2.10. The van der Waals surface area contributed by atoms with Crippen LogP contribution in [-0.2, 0) is 4.74 Å². The smallest absolute Gasteiger partial charge is 0.339 e. The topological polar surface area (TPSA) is 51.2 Å². The van der Waals surface area contributed by atoms with Crippen molar-refractivity contribution < 1.29 is 9.53 Å². The van der Waals surface area contributed by atoms with Gasteiger partial charge in [-0.15, -0.1) is 0 Å². The van der Waals surface area contributed by atoms with E-state index in [-0.39, 0.29) is 5.97 Å². The first kappa shape index (κ1) is 12.0. The molecule has 0 aliphatic carbocycles. The average molecular weight is 234 g/mol. The highest BCUT2D eigenvalue weighted by Gasteiger charge is 2.13. The maximum absolute atomic E-state index is 11.6. The van der Waals surface area contributed by atoms with Gasteiger partial charge < -0.3 is 10.1 Å². The Labute approximate surface area is 101 Å². The molecule has 0 spiro atoms. The largest absolute Gasteiger partial charge is 0.462 e. The Morgan fingerprint density at radius 2 is 2.47 bits per heavy atom. The third kappa shape index (κ3) is 3.82. The Morgan fingerprint density at radius 1 is 1.53 bits per heavy atom. The molecule has 1 saturated heterocycles. The van der Waals surface area contributed by atoms with Crippen molar-refractivity contribution in [3.63, 3.8) is 0 Å². The van der Waals surface area contributed by atoms with Crippen molar-refractivity contribution in [2.75, 3.05) is 13.2 Å². The van der Waals surface area contributed by atoms with Crippen LogP contribution >= 0.6 is 0 Å². The zero-order valence-corrected chi connectivity index (χ0v) is 9.89. The third-order valence-electron chi connectivity index (χ3n) is 3.01. The normalized spacial score (nSPS) is 19.9. The van der Waals surface area contributed by atoms with Gasteiger partial charge in [-0.25, -0.2) is 4.79 Å². The molecule has 2 rings (SSSR count). The van der Waals surface area contributed by atoms with Crippen molar-refractivity contribution >= 4 is 5.97 Å². The second-order valence-electron chi connectivity index (χ2n) is 4.31. The van der Waals surface area contributed by atoms with E-state index in [1.165, 1.54) is 25.5 Å². The number of nitrogens with one attached hydrogen (secondary N) is 1. The lowest BCUT2D eigenvalue weighted by atomic mass is 10.0. The van der Waals surface area contributed by atoms with Crippen LogP contribution in [0.1, 0.15) is 36.0 Å². The zero-order chi connectivity index (χ0) is 11.9. The number of esters is 1. The van der Waals surface area contributed by atoms with Gasteiger partial charge in [-0.05, 0) is 37.9 Å². The van der Waals surface area contributed by atoms with Crippen molar-refractivity contribution in [3.05, 3.63) is 30.1 Å². The summed E-state index contributed by atoms with van der Waals surface area (Å²) in [6, 6.07) is 3.96. The summed E-state index contributed by atoms with van der Waals surface area (Å²) in [6.07, 6.45) is 7.78. The van der Waals surface area contributed by atoms with E-state index < -0.39 is 0 Å². The molecular weight excluding hydrogens is 216 g/mol. The van der Waals surface area contributed by atoms with Crippen molar-refractivity contribution in [1.29, 1.82) is 0 Å². The van der Waals surface area contributed by atoms with Gasteiger partial charge >= 0.3 is 5.97 Å². The van der Waals surface area contributed by atoms with Crippen molar-refractivity contribution in [3.8, 4) is 0 Å². The van der Waals surface area contributed by atoms with E-state index in [0.29, 0.717) is 18.2 Å². The van der Waals surface area contributed by atoms with Crippen molar-refractivity contribution in [1.82, 2.24) is 10.3 Å². The molecule has 92 valence electrons. The number of pyridine rings is 1. The zero-order valence-electron chi connectivity index (χ0n) is 9.89. The number of aromatic nitrogens is 1. The molecule has 2 heterocycles. The van der Waals surface area contributed by atoms with Gasteiger partial charge in [0, 0.05) is 18.4 Å². The molecule has 4 nitrogen and oxygen atoms in total. The van der Waals surface area contributed by atoms with E-state index >= 15 is 0 Å². The van der Waals surface area contributed by atoms with Crippen LogP contribution in [0, 0.1) is 0 Å². The molecule has 1 fully saturated rings. The predicted octanol–water partition coefficient (Wildman–Crippen LogP) is 1.77. The Balaban J connectivity index is 1.69. The van der Waals surface area contributed by atoms with Crippen LogP contribution < -0.4 is 5.32 Å². The molecule has 0 aromatic carbocycles. The van der Waals surface area contributed by atoms with Crippen LogP contribution in [0.5, 0.6) is 0 Å². The van der Waals surface area contributed by atoms with Gasteiger partial charge in [0.25, 0.3) is 0 Å². The standard InChI is InChI=1S/C13H18N2O2/c16-13(11-4-3-7-14-10-11)17-9-6-12-5-1-2-8-15-12/h3-4,7,10,12,15H,1-2,5-6,8-9H2. The van der Waals surface area contributed by atoms with E-state index in [4.69, 9.17) is 4.74 Å².